The van der Waals surface area contributed by atoms with Crippen LogP contribution in [0.1, 0.15) is 40.5 Å². The zero-order valence-electron chi connectivity index (χ0n) is 10.2. The van der Waals surface area contributed by atoms with Gasteiger partial charge in [0.05, 0.1) is 6.04 Å². The Hall–Kier alpha value is -0.610. The highest BCUT2D eigenvalue weighted by Gasteiger charge is 2.27. The monoisotopic (exact) mass is 216 g/mol. The number of aliphatic hydroxyl groups excluding tert-OH is 1. The molecule has 1 amide bonds. The van der Waals surface area contributed by atoms with Gasteiger partial charge in [-0.2, -0.15) is 0 Å². The first kappa shape index (κ1) is 14.4. The van der Waals surface area contributed by atoms with Crippen LogP contribution < -0.4 is 11.1 Å². The molecule has 0 aromatic rings. The second-order valence-electron chi connectivity index (χ2n) is 4.96. The average molecular weight is 216 g/mol. The summed E-state index contributed by atoms with van der Waals surface area (Å²) in [7, 11) is 0. The van der Waals surface area contributed by atoms with Crippen LogP contribution in [-0.4, -0.2) is 29.7 Å². The molecule has 0 bridgehead atoms. The smallest absolute Gasteiger partial charge is 0.234 e. The summed E-state index contributed by atoms with van der Waals surface area (Å²) in [5, 5.41) is 12.2. The minimum atomic E-state index is -0.329. The van der Waals surface area contributed by atoms with Gasteiger partial charge in [-0.05, 0) is 18.3 Å². The third-order valence-corrected chi connectivity index (χ3v) is 2.62. The van der Waals surface area contributed by atoms with E-state index in [0.717, 1.165) is 0 Å². The van der Waals surface area contributed by atoms with E-state index < -0.39 is 0 Å². The predicted octanol–water partition coefficient (Wildman–Crippen LogP) is 0.637. The van der Waals surface area contributed by atoms with Crippen molar-refractivity contribution in [3.63, 3.8) is 0 Å². The van der Waals surface area contributed by atoms with Crippen LogP contribution in [0, 0.1) is 5.41 Å². The van der Waals surface area contributed by atoms with E-state index >= 15 is 0 Å². The number of aliphatic hydroxyl groups is 1. The summed E-state index contributed by atoms with van der Waals surface area (Å²) < 4.78 is 0. The number of carbonyl (C=O) groups is 1. The number of rotatable bonds is 6. The lowest BCUT2D eigenvalue weighted by molar-refractivity contribution is -0.120. The van der Waals surface area contributed by atoms with Gasteiger partial charge in [0, 0.05) is 12.6 Å². The van der Waals surface area contributed by atoms with Crippen molar-refractivity contribution >= 4 is 5.91 Å². The summed E-state index contributed by atoms with van der Waals surface area (Å²) in [6, 6.07) is -0.208. The largest absolute Gasteiger partial charge is 0.396 e. The molecule has 0 aliphatic rings. The molecule has 0 rings (SSSR count). The van der Waals surface area contributed by atoms with E-state index in [-0.39, 0.29) is 30.0 Å². The van der Waals surface area contributed by atoms with E-state index in [2.05, 4.69) is 26.1 Å². The highest BCUT2D eigenvalue weighted by atomic mass is 16.3. The van der Waals surface area contributed by atoms with Crippen molar-refractivity contribution in [2.45, 2.75) is 52.6 Å². The van der Waals surface area contributed by atoms with E-state index in [4.69, 9.17) is 10.8 Å². The van der Waals surface area contributed by atoms with Gasteiger partial charge >= 0.3 is 0 Å². The topological polar surface area (TPSA) is 75.3 Å². The van der Waals surface area contributed by atoms with Crippen molar-refractivity contribution in [3.05, 3.63) is 0 Å². The molecule has 0 aromatic heterocycles. The standard InChI is InChI=1S/C11H24N2O2/c1-5-8(10(12)15)13-9(6-7-14)11(2,3)4/h8-9,13-14H,5-7H2,1-4H3,(H2,12,15). The van der Waals surface area contributed by atoms with Crippen molar-refractivity contribution < 1.29 is 9.90 Å². The number of nitrogens with two attached hydrogens (primary N) is 1. The normalized spacial score (nSPS) is 16.1. The van der Waals surface area contributed by atoms with E-state index in [1.165, 1.54) is 0 Å². The van der Waals surface area contributed by atoms with E-state index in [1.807, 2.05) is 6.92 Å². The maximum Gasteiger partial charge on any atom is 0.234 e. The van der Waals surface area contributed by atoms with E-state index in [9.17, 15) is 4.79 Å². The van der Waals surface area contributed by atoms with Crippen molar-refractivity contribution in [2.24, 2.45) is 11.1 Å². The molecule has 4 nitrogen and oxygen atoms in total. The van der Waals surface area contributed by atoms with Gasteiger partial charge in [0.1, 0.15) is 0 Å². The molecule has 0 heterocycles. The fourth-order valence-corrected chi connectivity index (χ4v) is 1.54. The number of hydrogen-bond donors (Lipinski definition) is 3. The van der Waals surface area contributed by atoms with Crippen LogP contribution in [0.3, 0.4) is 0 Å². The minimum absolute atomic E-state index is 0.00556. The SMILES string of the molecule is CCC(NC(CCO)C(C)(C)C)C(N)=O. The molecule has 0 aliphatic carbocycles. The van der Waals surface area contributed by atoms with Gasteiger partial charge in [-0.25, -0.2) is 0 Å². The van der Waals surface area contributed by atoms with Crippen molar-refractivity contribution in [1.29, 1.82) is 0 Å². The number of hydrogen-bond acceptors (Lipinski definition) is 3. The fourth-order valence-electron chi connectivity index (χ4n) is 1.54. The summed E-state index contributed by atoms with van der Waals surface area (Å²) in [5.41, 5.74) is 5.28. The molecule has 0 aromatic carbocycles. The molecule has 2 atom stereocenters. The summed E-state index contributed by atoms with van der Waals surface area (Å²) in [4.78, 5) is 11.1. The van der Waals surface area contributed by atoms with Crippen molar-refractivity contribution in [2.75, 3.05) is 6.61 Å². The van der Waals surface area contributed by atoms with E-state index in [1.54, 1.807) is 0 Å². The lowest BCUT2D eigenvalue weighted by Crippen LogP contribution is -2.51. The molecule has 0 spiro atoms. The zero-order chi connectivity index (χ0) is 12.1. The molecule has 4 N–H and O–H groups in total. The molecule has 4 heteroatoms. The van der Waals surface area contributed by atoms with Gasteiger partial charge in [-0.15, -0.1) is 0 Å². The van der Waals surface area contributed by atoms with Crippen molar-refractivity contribution in [3.8, 4) is 0 Å². The Morgan fingerprint density at radius 2 is 2.00 bits per heavy atom. The van der Waals surface area contributed by atoms with Crippen LogP contribution in [-0.2, 0) is 4.79 Å². The molecule has 0 fully saturated rings. The van der Waals surface area contributed by atoms with Crippen LogP contribution in [0.5, 0.6) is 0 Å². The number of primary amides is 1. The Bertz CT molecular complexity index is 199. The van der Waals surface area contributed by atoms with Crippen LogP contribution in [0.4, 0.5) is 0 Å². The number of carbonyl (C=O) groups excluding carboxylic acids is 1. The first-order valence-electron chi connectivity index (χ1n) is 5.49. The Balaban J connectivity index is 4.45. The Kier molecular flexibility index (Phi) is 5.83. The van der Waals surface area contributed by atoms with Crippen molar-refractivity contribution in [1.82, 2.24) is 5.32 Å². The van der Waals surface area contributed by atoms with Gasteiger partial charge in [-0.1, -0.05) is 27.7 Å². The van der Waals surface area contributed by atoms with Crippen LogP contribution in [0.15, 0.2) is 0 Å². The molecule has 15 heavy (non-hydrogen) atoms. The number of amides is 1. The summed E-state index contributed by atoms with van der Waals surface area (Å²) >= 11 is 0. The molecule has 0 aliphatic heterocycles. The molecule has 0 saturated heterocycles. The highest BCUT2D eigenvalue weighted by Crippen LogP contribution is 2.22. The molecular weight excluding hydrogens is 192 g/mol. The van der Waals surface area contributed by atoms with Gasteiger partial charge < -0.3 is 16.2 Å². The van der Waals surface area contributed by atoms with Gasteiger partial charge in [0.15, 0.2) is 0 Å². The molecule has 0 radical (unpaired) electrons. The van der Waals surface area contributed by atoms with Crippen LogP contribution in [0.25, 0.3) is 0 Å². The third kappa shape index (κ3) is 5.14. The van der Waals surface area contributed by atoms with Gasteiger partial charge in [-0.3, -0.25) is 4.79 Å². The molecule has 2 unspecified atom stereocenters. The lowest BCUT2D eigenvalue weighted by Gasteiger charge is -2.33. The number of nitrogens with one attached hydrogen (secondary N) is 1. The maximum atomic E-state index is 11.1. The minimum Gasteiger partial charge on any atom is -0.396 e. The molecular formula is C11H24N2O2. The highest BCUT2D eigenvalue weighted by molar-refractivity contribution is 5.79. The van der Waals surface area contributed by atoms with Gasteiger partial charge in [0.25, 0.3) is 0 Å². The second kappa shape index (κ2) is 6.08. The fraction of sp³-hybridized carbons (Fsp3) is 0.909. The first-order valence-corrected chi connectivity index (χ1v) is 5.49. The molecule has 0 saturated carbocycles. The average Bonchev–Trinajstić information content (AvgIpc) is 2.09. The Morgan fingerprint density at radius 1 is 1.47 bits per heavy atom. The quantitative estimate of drug-likeness (QED) is 0.610. The van der Waals surface area contributed by atoms with Crippen LogP contribution >= 0.6 is 0 Å². The first-order chi connectivity index (χ1) is 6.82. The predicted molar refractivity (Wildman–Crippen MR) is 61.4 cm³/mol. The second-order valence-corrected chi connectivity index (χ2v) is 4.96. The summed E-state index contributed by atoms with van der Waals surface area (Å²) in [5.74, 6) is -0.329. The summed E-state index contributed by atoms with van der Waals surface area (Å²) in [6.07, 6.45) is 1.31. The zero-order valence-corrected chi connectivity index (χ0v) is 10.2. The van der Waals surface area contributed by atoms with E-state index in [0.29, 0.717) is 12.8 Å². The molecule has 90 valence electrons. The third-order valence-electron chi connectivity index (χ3n) is 2.62. The summed E-state index contributed by atoms with van der Waals surface area (Å²) in [6.45, 7) is 8.27. The maximum absolute atomic E-state index is 11.1. The van der Waals surface area contributed by atoms with Gasteiger partial charge in [0.2, 0.25) is 5.91 Å². The van der Waals surface area contributed by atoms with Crippen LogP contribution in [0.2, 0.25) is 0 Å². The lowest BCUT2D eigenvalue weighted by atomic mass is 9.84. The Morgan fingerprint density at radius 3 is 2.27 bits per heavy atom. The Labute approximate surface area is 92.2 Å².